The highest BCUT2D eigenvalue weighted by Gasteiger charge is 2.36. The van der Waals surface area contributed by atoms with Crippen molar-refractivity contribution in [2.45, 2.75) is 57.3 Å². The maximum absolute atomic E-state index is 12.8. The van der Waals surface area contributed by atoms with Crippen molar-refractivity contribution >= 4 is 11.9 Å². The molecule has 1 atom stereocenters. The number of methoxy groups -OCH3 is 1. The number of fused-ring (bicyclic) bond motifs is 1. The Kier molecular flexibility index (Phi) is 4.90. The Hall–Kier alpha value is -2.35. The number of amides is 3. The van der Waals surface area contributed by atoms with Crippen LogP contribution in [0.5, 0.6) is 5.88 Å². The predicted molar refractivity (Wildman–Crippen MR) is 97.4 cm³/mol. The van der Waals surface area contributed by atoms with Gasteiger partial charge in [-0.25, -0.2) is 9.78 Å². The lowest BCUT2D eigenvalue weighted by molar-refractivity contribution is 0.0706. The number of hydrogen-bond acceptors (Lipinski definition) is 5. The second kappa shape index (κ2) is 7.34. The normalized spacial score (nSPS) is 22.4. The second-order valence-electron chi connectivity index (χ2n) is 7.57. The summed E-state index contributed by atoms with van der Waals surface area (Å²) in [7, 11) is 1.54. The van der Waals surface area contributed by atoms with Crippen molar-refractivity contribution in [1.82, 2.24) is 20.1 Å². The van der Waals surface area contributed by atoms with E-state index in [9.17, 15) is 14.7 Å². The molecule has 4 rings (SSSR count). The van der Waals surface area contributed by atoms with E-state index in [1.807, 2.05) is 4.90 Å². The number of hydrogen-bond donors (Lipinski definition) is 2. The number of urea groups is 1. The third-order valence-corrected chi connectivity index (χ3v) is 5.79. The largest absolute Gasteiger partial charge is 0.481 e. The quantitative estimate of drug-likeness (QED) is 0.827. The first kappa shape index (κ1) is 18.0. The van der Waals surface area contributed by atoms with Crippen molar-refractivity contribution in [3.63, 3.8) is 0 Å². The van der Waals surface area contributed by atoms with Crippen LogP contribution in [-0.2, 0) is 13.1 Å². The minimum absolute atomic E-state index is 0.0299. The fourth-order valence-electron chi connectivity index (χ4n) is 4.29. The van der Waals surface area contributed by atoms with Crippen LogP contribution in [0.2, 0.25) is 0 Å². The monoisotopic (exact) mass is 374 g/mol. The van der Waals surface area contributed by atoms with Gasteiger partial charge in [0.15, 0.2) is 0 Å². The first-order valence-corrected chi connectivity index (χ1v) is 9.65. The lowest BCUT2D eigenvalue weighted by atomic mass is 10.1. The van der Waals surface area contributed by atoms with Crippen molar-refractivity contribution < 1.29 is 19.4 Å². The number of β-amino-alcohol motifs (C(OH)–C–C–N with tert-alkyl or cyclic N) is 1. The molecule has 146 valence electrons. The van der Waals surface area contributed by atoms with Crippen LogP contribution in [0.1, 0.15) is 53.7 Å². The lowest BCUT2D eigenvalue weighted by Crippen LogP contribution is -2.38. The van der Waals surface area contributed by atoms with Crippen LogP contribution in [0.4, 0.5) is 4.79 Å². The summed E-state index contributed by atoms with van der Waals surface area (Å²) in [5, 5.41) is 12.4. The third-order valence-electron chi connectivity index (χ3n) is 5.79. The van der Waals surface area contributed by atoms with E-state index in [4.69, 9.17) is 4.74 Å². The summed E-state index contributed by atoms with van der Waals surface area (Å²) in [4.78, 5) is 33.2. The number of aromatic nitrogens is 1. The molecule has 2 aliphatic heterocycles. The first-order chi connectivity index (χ1) is 13.1. The molecule has 2 fully saturated rings. The maximum Gasteiger partial charge on any atom is 0.317 e. The maximum atomic E-state index is 12.8. The molecule has 3 aliphatic rings. The van der Waals surface area contributed by atoms with E-state index in [1.54, 1.807) is 18.1 Å². The van der Waals surface area contributed by atoms with Crippen molar-refractivity contribution in [1.29, 1.82) is 0 Å². The molecule has 3 heterocycles. The van der Waals surface area contributed by atoms with E-state index in [0.29, 0.717) is 49.1 Å². The molecule has 0 radical (unpaired) electrons. The zero-order valence-corrected chi connectivity index (χ0v) is 15.6. The van der Waals surface area contributed by atoms with Gasteiger partial charge in [-0.1, -0.05) is 12.8 Å². The van der Waals surface area contributed by atoms with Crippen molar-refractivity contribution in [2.75, 3.05) is 20.2 Å². The van der Waals surface area contributed by atoms with Crippen LogP contribution in [0.15, 0.2) is 6.07 Å². The van der Waals surface area contributed by atoms with Crippen molar-refractivity contribution in [3.8, 4) is 5.88 Å². The Morgan fingerprint density at radius 1 is 1.37 bits per heavy atom. The number of pyridine rings is 1. The number of aliphatic hydroxyl groups excluding tert-OH is 1. The number of ether oxygens (including phenoxy) is 1. The Morgan fingerprint density at radius 3 is 2.81 bits per heavy atom. The zero-order valence-electron chi connectivity index (χ0n) is 15.6. The van der Waals surface area contributed by atoms with Gasteiger partial charge in [0.2, 0.25) is 5.88 Å². The number of carbonyl (C=O) groups excluding carboxylic acids is 2. The van der Waals surface area contributed by atoms with Gasteiger partial charge in [-0.05, 0) is 25.3 Å². The number of nitrogens with one attached hydrogen (secondary N) is 1. The lowest BCUT2D eigenvalue weighted by Gasteiger charge is -2.22. The molecule has 0 unspecified atom stereocenters. The molecular formula is C19H26N4O4. The highest BCUT2D eigenvalue weighted by molar-refractivity contribution is 5.98. The topological polar surface area (TPSA) is 95.0 Å². The summed E-state index contributed by atoms with van der Waals surface area (Å²) < 4.78 is 5.40. The standard InChI is InChI=1S/C19H26N4O4/c1-27-17-12(9-20-19(26)22-7-6-14(24)10-22)8-15-16(21-17)11-23(18(15)25)13-4-2-3-5-13/h8,13-14,24H,2-7,9-11H2,1H3,(H,20,26)/t14-/m1/s1. The average Bonchev–Trinajstić information content (AvgIpc) is 3.40. The molecule has 1 aromatic rings. The van der Waals surface area contributed by atoms with Gasteiger partial charge in [-0.2, -0.15) is 0 Å². The van der Waals surface area contributed by atoms with Gasteiger partial charge >= 0.3 is 6.03 Å². The molecule has 27 heavy (non-hydrogen) atoms. The number of likely N-dealkylation sites (tertiary alicyclic amines) is 1. The van der Waals surface area contributed by atoms with E-state index in [-0.39, 0.29) is 18.5 Å². The van der Waals surface area contributed by atoms with Gasteiger partial charge in [0, 0.05) is 31.2 Å². The summed E-state index contributed by atoms with van der Waals surface area (Å²) in [6.45, 7) is 1.65. The molecular weight excluding hydrogens is 348 g/mol. The number of carbonyl (C=O) groups is 2. The molecule has 3 amide bonds. The molecule has 1 aliphatic carbocycles. The molecule has 8 nitrogen and oxygen atoms in total. The summed E-state index contributed by atoms with van der Waals surface area (Å²) in [6, 6.07) is 1.88. The van der Waals surface area contributed by atoms with Crippen molar-refractivity contribution in [2.24, 2.45) is 0 Å². The molecule has 1 saturated carbocycles. The molecule has 0 spiro atoms. The Balaban J connectivity index is 1.48. The Bertz CT molecular complexity index is 747. The SMILES string of the molecule is COc1nc2c(cc1CNC(=O)N1CC[C@@H](O)C1)C(=O)N(C1CCCC1)C2. The summed E-state index contributed by atoms with van der Waals surface area (Å²) in [6.07, 6.45) is 4.60. The van der Waals surface area contributed by atoms with E-state index in [0.717, 1.165) is 18.5 Å². The predicted octanol–water partition coefficient (Wildman–Crippen LogP) is 1.26. The number of rotatable bonds is 4. The highest BCUT2D eigenvalue weighted by Crippen LogP contribution is 2.33. The van der Waals surface area contributed by atoms with Gasteiger partial charge in [-0.15, -0.1) is 0 Å². The molecule has 0 bridgehead atoms. The molecule has 1 aromatic heterocycles. The Morgan fingerprint density at radius 2 is 2.15 bits per heavy atom. The fraction of sp³-hybridized carbons (Fsp3) is 0.632. The first-order valence-electron chi connectivity index (χ1n) is 9.65. The summed E-state index contributed by atoms with van der Waals surface area (Å²) in [5.41, 5.74) is 2.05. The minimum atomic E-state index is -0.453. The molecule has 2 N–H and O–H groups in total. The van der Waals surface area contributed by atoms with Gasteiger partial charge in [0.25, 0.3) is 5.91 Å². The third kappa shape index (κ3) is 3.45. The van der Waals surface area contributed by atoms with Crippen LogP contribution < -0.4 is 10.1 Å². The molecule has 1 saturated heterocycles. The van der Waals surface area contributed by atoms with Crippen LogP contribution in [0.25, 0.3) is 0 Å². The number of nitrogens with zero attached hydrogens (tertiary/aromatic N) is 3. The fourth-order valence-corrected chi connectivity index (χ4v) is 4.29. The average molecular weight is 374 g/mol. The second-order valence-corrected chi connectivity index (χ2v) is 7.57. The van der Waals surface area contributed by atoms with Gasteiger partial charge in [0.05, 0.1) is 31.0 Å². The number of aliphatic hydroxyl groups is 1. The molecule has 0 aromatic carbocycles. The van der Waals surface area contributed by atoms with Crippen LogP contribution in [-0.4, -0.2) is 64.2 Å². The summed E-state index contributed by atoms with van der Waals surface area (Å²) >= 11 is 0. The van der Waals surface area contributed by atoms with E-state index in [2.05, 4.69) is 10.3 Å². The van der Waals surface area contributed by atoms with Gasteiger partial charge < -0.3 is 25.0 Å². The smallest absolute Gasteiger partial charge is 0.317 e. The van der Waals surface area contributed by atoms with E-state index in [1.165, 1.54) is 12.8 Å². The van der Waals surface area contributed by atoms with Crippen LogP contribution in [0.3, 0.4) is 0 Å². The highest BCUT2D eigenvalue weighted by atomic mass is 16.5. The van der Waals surface area contributed by atoms with Crippen LogP contribution >= 0.6 is 0 Å². The zero-order chi connectivity index (χ0) is 19.0. The molecule has 8 heteroatoms. The minimum Gasteiger partial charge on any atom is -0.481 e. The summed E-state index contributed by atoms with van der Waals surface area (Å²) in [5.74, 6) is 0.471. The van der Waals surface area contributed by atoms with Gasteiger partial charge in [-0.3, -0.25) is 4.79 Å². The van der Waals surface area contributed by atoms with E-state index >= 15 is 0 Å². The Labute approximate surface area is 158 Å². The van der Waals surface area contributed by atoms with Gasteiger partial charge in [0.1, 0.15) is 0 Å². The van der Waals surface area contributed by atoms with Crippen LogP contribution in [0, 0.1) is 0 Å². The van der Waals surface area contributed by atoms with Crippen molar-refractivity contribution in [3.05, 3.63) is 22.9 Å². The van der Waals surface area contributed by atoms with E-state index < -0.39 is 6.10 Å².